The number of carbonyl (C=O) groups excluding carboxylic acids is 3. The lowest BCUT2D eigenvalue weighted by molar-refractivity contribution is -0.340. The van der Waals surface area contributed by atoms with E-state index in [-0.39, 0.29) is 35.9 Å². The molecule has 0 aromatic carbocycles. The predicted octanol–water partition coefficient (Wildman–Crippen LogP) is 4.52. The number of ether oxygens (including phenoxy) is 6. The third-order valence-electron chi connectivity index (χ3n) is 12.5. The highest BCUT2D eigenvalue weighted by molar-refractivity contribution is 5.87. The van der Waals surface area contributed by atoms with E-state index in [1.165, 1.54) is 21.8 Å². The van der Waals surface area contributed by atoms with Crippen LogP contribution in [0.1, 0.15) is 101 Å². The van der Waals surface area contributed by atoms with Crippen LogP contribution in [0, 0.1) is 23.7 Å². The van der Waals surface area contributed by atoms with E-state index in [1.807, 2.05) is 26.0 Å². The van der Waals surface area contributed by atoms with E-state index in [2.05, 4.69) is 41.4 Å². The number of hydrogen-bond acceptors (Lipinski definition) is 14. The van der Waals surface area contributed by atoms with E-state index >= 15 is 0 Å². The van der Waals surface area contributed by atoms with Crippen molar-refractivity contribution in [3.63, 3.8) is 0 Å². The predicted molar refractivity (Wildman–Crippen MR) is 207 cm³/mol. The van der Waals surface area contributed by atoms with E-state index in [1.54, 1.807) is 39.2 Å². The Bertz CT molecular complexity index is 2000. The molecular weight excluding hydrogens is 748 g/mol. The molecule has 0 unspecified atom stereocenters. The molecule has 1 spiro atoms. The third kappa shape index (κ3) is 8.20. The van der Waals surface area contributed by atoms with Crippen molar-refractivity contribution in [2.75, 3.05) is 6.61 Å². The second-order valence-electron chi connectivity index (χ2n) is 16.9. The van der Waals surface area contributed by atoms with Crippen molar-refractivity contribution in [2.45, 2.75) is 128 Å². The monoisotopic (exact) mass is 804 g/mol. The number of aliphatic hydroxyl groups is 1. The first kappa shape index (κ1) is 41.6. The van der Waals surface area contributed by atoms with Crippen LogP contribution in [-0.2, 0) is 47.3 Å². The Morgan fingerprint density at radius 3 is 2.31 bits per heavy atom. The van der Waals surface area contributed by atoms with Gasteiger partial charge in [-0.05, 0) is 55.2 Å². The van der Waals surface area contributed by atoms with Gasteiger partial charge in [0, 0.05) is 39.3 Å². The maximum absolute atomic E-state index is 14.6. The molecule has 0 radical (unpaired) electrons. The Morgan fingerprint density at radius 2 is 1.67 bits per heavy atom. The molecule has 314 valence electrons. The van der Waals surface area contributed by atoms with Gasteiger partial charge in [0.2, 0.25) is 0 Å². The third-order valence-corrected chi connectivity index (χ3v) is 12.5. The van der Waals surface area contributed by atoms with E-state index in [9.17, 15) is 19.5 Å². The lowest BCUT2D eigenvalue weighted by Gasteiger charge is -2.51. The molecule has 2 aromatic rings. The van der Waals surface area contributed by atoms with Crippen molar-refractivity contribution in [3.05, 3.63) is 70.9 Å². The standard InChI is InChI=1S/C42H56N6O10/c1-9-23(2)35-26(5)15-16-41(58-35)19-30-18-29(57-41)14-13-25(4)34(55-39(50)32-20-47(7)45-43-32)24(3)11-10-12-28-22-53-37-36(56-40(51)33-21-48(8)46-44-33)27(6)17-31(38(49)54-30)42(28,37)52/h10-13,17,20-21,23-24,26,29-31,34-37,52H,9,14-16,18-19,22H2,1-8H3/b11-10+,25-13+,28-12+/t23-,24-,26-,29+,30-,31-,34-,35+,36+,37+,41+,42+/m0/s1. The number of allylic oxidation sites excluding steroid dienone is 2. The Kier molecular flexibility index (Phi) is 11.9. The average Bonchev–Trinajstić information content (AvgIpc) is 3.92. The summed E-state index contributed by atoms with van der Waals surface area (Å²) in [5, 5.41) is 28.4. The van der Waals surface area contributed by atoms with E-state index in [4.69, 9.17) is 28.4 Å². The zero-order valence-electron chi connectivity index (χ0n) is 34.6. The summed E-state index contributed by atoms with van der Waals surface area (Å²) in [5.41, 5.74) is -0.177. The number of aromatic nitrogens is 6. The molecule has 16 nitrogen and oxygen atoms in total. The lowest BCUT2D eigenvalue weighted by Crippen LogP contribution is -2.59. The SMILES string of the molecule is CC[C@H](C)[C@H]1O[C@]2(CC[C@@H]1C)C[C@@H]1C[C@@H](C/C=C(\C)[C@@H](OC(=O)c3cn(C)nn3)[C@@H](C)/C=C/C=C3\CO[C@@H]4[C@H](OC(=O)c5cn(C)nn5)C(C)=C[C@@H](C(=O)O1)[C@]34O)O2. The summed E-state index contributed by atoms with van der Waals surface area (Å²) in [6, 6.07) is 0. The number of nitrogens with zero attached hydrogens (tertiary/aromatic N) is 6. The average molecular weight is 805 g/mol. The number of aryl methyl sites for hydroxylation is 2. The van der Waals surface area contributed by atoms with Crippen LogP contribution in [0.2, 0.25) is 0 Å². The molecule has 3 fully saturated rings. The molecule has 2 aromatic heterocycles. The second kappa shape index (κ2) is 16.6. The molecule has 12 atom stereocenters. The van der Waals surface area contributed by atoms with Crippen LogP contribution in [0.4, 0.5) is 0 Å². The molecule has 1 aliphatic carbocycles. The van der Waals surface area contributed by atoms with Crippen molar-refractivity contribution in [2.24, 2.45) is 37.8 Å². The molecule has 5 aliphatic rings. The van der Waals surface area contributed by atoms with Gasteiger partial charge in [-0.25, -0.2) is 9.59 Å². The summed E-state index contributed by atoms with van der Waals surface area (Å²) in [4.78, 5) is 41.2. The summed E-state index contributed by atoms with van der Waals surface area (Å²) in [5.74, 6) is -3.93. The van der Waals surface area contributed by atoms with Gasteiger partial charge < -0.3 is 33.5 Å². The van der Waals surface area contributed by atoms with Crippen LogP contribution in [0.5, 0.6) is 0 Å². The summed E-state index contributed by atoms with van der Waals surface area (Å²) in [6.07, 6.45) is 11.5. The molecule has 58 heavy (non-hydrogen) atoms. The van der Waals surface area contributed by atoms with Crippen LogP contribution < -0.4 is 0 Å². The first-order valence-corrected chi connectivity index (χ1v) is 20.4. The number of fused-ring (bicyclic) bond motifs is 2. The fraction of sp³-hybridized carbons (Fsp3) is 0.643. The molecule has 3 saturated heterocycles. The molecular formula is C42H56N6O10. The molecule has 2 bridgehead atoms. The van der Waals surface area contributed by atoms with Gasteiger partial charge in [-0.1, -0.05) is 74.9 Å². The van der Waals surface area contributed by atoms with Gasteiger partial charge in [0.1, 0.15) is 29.8 Å². The minimum atomic E-state index is -1.96. The number of esters is 3. The van der Waals surface area contributed by atoms with Crippen molar-refractivity contribution in [1.29, 1.82) is 0 Å². The highest BCUT2D eigenvalue weighted by atomic mass is 16.7. The van der Waals surface area contributed by atoms with Gasteiger partial charge in [0.25, 0.3) is 0 Å². The Balaban J connectivity index is 1.27. The Morgan fingerprint density at radius 1 is 1.00 bits per heavy atom. The van der Waals surface area contributed by atoms with Gasteiger partial charge in [0.15, 0.2) is 23.3 Å². The summed E-state index contributed by atoms with van der Waals surface area (Å²) < 4.78 is 41.3. The molecule has 4 aliphatic heterocycles. The first-order valence-electron chi connectivity index (χ1n) is 20.4. The molecule has 16 heteroatoms. The Hall–Kier alpha value is -4.51. The number of rotatable bonds is 6. The van der Waals surface area contributed by atoms with Gasteiger partial charge in [-0.3, -0.25) is 14.2 Å². The fourth-order valence-corrected chi connectivity index (χ4v) is 9.11. The maximum Gasteiger partial charge on any atom is 0.361 e. The van der Waals surface area contributed by atoms with Gasteiger partial charge in [-0.2, -0.15) is 0 Å². The van der Waals surface area contributed by atoms with Crippen LogP contribution in [0.25, 0.3) is 0 Å². The van der Waals surface area contributed by atoms with E-state index in [0.717, 1.165) is 18.4 Å². The van der Waals surface area contributed by atoms with Crippen LogP contribution in [0.15, 0.2) is 59.5 Å². The summed E-state index contributed by atoms with van der Waals surface area (Å²) in [6.45, 7) is 12.1. The van der Waals surface area contributed by atoms with Crippen LogP contribution in [0.3, 0.4) is 0 Å². The van der Waals surface area contributed by atoms with Gasteiger partial charge >= 0.3 is 17.9 Å². The molecule has 0 amide bonds. The van der Waals surface area contributed by atoms with Crippen molar-refractivity contribution in [1.82, 2.24) is 30.0 Å². The van der Waals surface area contributed by atoms with Gasteiger partial charge in [-0.15, -0.1) is 10.2 Å². The molecule has 1 N–H and O–H groups in total. The summed E-state index contributed by atoms with van der Waals surface area (Å²) in [7, 11) is 3.31. The number of hydrogen-bond donors (Lipinski definition) is 1. The summed E-state index contributed by atoms with van der Waals surface area (Å²) >= 11 is 0. The largest absolute Gasteiger partial charge is 0.462 e. The smallest absolute Gasteiger partial charge is 0.361 e. The molecule has 0 saturated carbocycles. The van der Waals surface area contributed by atoms with Crippen LogP contribution >= 0.6 is 0 Å². The highest BCUT2D eigenvalue weighted by Crippen LogP contribution is 2.48. The van der Waals surface area contributed by atoms with Crippen LogP contribution in [-0.4, -0.2) is 108 Å². The fourth-order valence-electron chi connectivity index (χ4n) is 9.11. The normalized spacial score (nSPS) is 38.3. The topological polar surface area (TPSA) is 188 Å². The lowest BCUT2D eigenvalue weighted by atomic mass is 9.70. The maximum atomic E-state index is 14.6. The Labute approximate surface area is 338 Å². The van der Waals surface area contributed by atoms with E-state index < -0.39 is 65.7 Å². The van der Waals surface area contributed by atoms with Crippen molar-refractivity contribution in [3.8, 4) is 0 Å². The quantitative estimate of drug-likeness (QED) is 0.244. The molecule has 6 heterocycles. The first-order chi connectivity index (χ1) is 27.6. The zero-order chi connectivity index (χ0) is 41.5. The minimum Gasteiger partial charge on any atom is -0.462 e. The zero-order valence-corrected chi connectivity index (χ0v) is 34.6. The second-order valence-corrected chi connectivity index (χ2v) is 16.9. The van der Waals surface area contributed by atoms with Gasteiger partial charge in [0.05, 0.1) is 31.2 Å². The highest BCUT2D eigenvalue weighted by Gasteiger charge is 2.61. The molecule has 7 rings (SSSR count). The minimum absolute atomic E-state index is 0.00991. The van der Waals surface area contributed by atoms with Crippen molar-refractivity contribution >= 4 is 17.9 Å². The number of carbonyl (C=O) groups is 3. The van der Waals surface area contributed by atoms with Crippen molar-refractivity contribution < 1.29 is 47.9 Å². The van der Waals surface area contributed by atoms with E-state index in [0.29, 0.717) is 42.7 Å².